The third-order valence-corrected chi connectivity index (χ3v) is 1.70. The van der Waals surface area contributed by atoms with E-state index in [1.807, 2.05) is 0 Å². The summed E-state index contributed by atoms with van der Waals surface area (Å²) in [5.74, 6) is -0.386. The predicted molar refractivity (Wildman–Crippen MR) is 45.4 cm³/mol. The lowest BCUT2D eigenvalue weighted by atomic mass is 10.1. The average Bonchev–Trinajstić information content (AvgIpc) is 2.14. The highest BCUT2D eigenvalue weighted by Crippen LogP contribution is 2.12. The van der Waals surface area contributed by atoms with Gasteiger partial charge < -0.3 is 10.4 Å². The molecule has 0 bridgehead atoms. The summed E-state index contributed by atoms with van der Waals surface area (Å²) in [4.78, 5) is 10.1. The summed E-state index contributed by atoms with van der Waals surface area (Å²) in [5, 5.41) is 11.2. The first-order valence-corrected chi connectivity index (χ1v) is 3.84. The molecule has 0 aliphatic heterocycles. The van der Waals surface area contributed by atoms with Crippen LogP contribution >= 0.6 is 0 Å². The van der Waals surface area contributed by atoms with Crippen LogP contribution in [0.25, 0.3) is 0 Å². The zero-order valence-electron chi connectivity index (χ0n) is 6.90. The molecule has 1 atom stereocenters. The average molecular weight is 183 g/mol. The van der Waals surface area contributed by atoms with Crippen LogP contribution in [0, 0.1) is 5.82 Å². The summed E-state index contributed by atoms with van der Waals surface area (Å²) in [6, 6.07) is 5.21. The summed E-state index contributed by atoms with van der Waals surface area (Å²) in [7, 11) is 0. The topological polar surface area (TPSA) is 49.3 Å². The van der Waals surface area contributed by atoms with Crippen LogP contribution in [0.1, 0.15) is 11.6 Å². The van der Waals surface area contributed by atoms with Gasteiger partial charge in [-0.1, -0.05) is 12.1 Å². The van der Waals surface area contributed by atoms with E-state index in [9.17, 15) is 9.18 Å². The minimum absolute atomic E-state index is 0.248. The highest BCUT2D eigenvalue weighted by Gasteiger charge is 2.08. The van der Waals surface area contributed by atoms with Crippen LogP contribution in [0.15, 0.2) is 24.3 Å². The highest BCUT2D eigenvalue weighted by atomic mass is 19.1. The van der Waals surface area contributed by atoms with E-state index in [4.69, 9.17) is 5.11 Å². The Morgan fingerprint density at radius 1 is 1.62 bits per heavy atom. The van der Waals surface area contributed by atoms with Crippen LogP contribution in [-0.4, -0.2) is 18.1 Å². The van der Waals surface area contributed by atoms with Crippen molar-refractivity contribution in [1.29, 1.82) is 0 Å². The number of nitrogens with one attached hydrogen (secondary N) is 1. The van der Waals surface area contributed by atoms with Gasteiger partial charge in [0, 0.05) is 0 Å². The van der Waals surface area contributed by atoms with Crippen molar-refractivity contribution in [2.45, 2.75) is 6.04 Å². The summed E-state index contributed by atoms with van der Waals surface area (Å²) < 4.78 is 12.7. The molecule has 0 aliphatic rings. The number of rotatable bonds is 4. The second-order valence-electron chi connectivity index (χ2n) is 2.57. The molecule has 0 saturated carbocycles. The number of hydrogen-bond acceptors (Lipinski definition) is 2. The van der Waals surface area contributed by atoms with E-state index in [1.54, 1.807) is 6.07 Å². The number of aliphatic hydroxyl groups excluding tert-OH is 1. The molecule has 4 heteroatoms. The summed E-state index contributed by atoms with van der Waals surface area (Å²) in [5.41, 5.74) is 0.551. The van der Waals surface area contributed by atoms with Crippen LogP contribution in [-0.2, 0) is 4.79 Å². The number of aliphatic hydroxyl groups is 1. The maximum Gasteiger partial charge on any atom is 0.207 e. The summed E-state index contributed by atoms with van der Waals surface area (Å²) >= 11 is 0. The monoisotopic (exact) mass is 183 g/mol. The molecule has 0 spiro atoms. The van der Waals surface area contributed by atoms with Gasteiger partial charge in [0.2, 0.25) is 6.41 Å². The SMILES string of the molecule is O=CN[C@H](CO)c1cccc(F)c1. The molecule has 0 heterocycles. The Kier molecular flexibility index (Phi) is 3.40. The van der Waals surface area contributed by atoms with E-state index < -0.39 is 6.04 Å². The molecule has 3 nitrogen and oxygen atoms in total. The molecule has 0 saturated heterocycles. The molecule has 2 N–H and O–H groups in total. The van der Waals surface area contributed by atoms with Gasteiger partial charge in [-0.05, 0) is 17.7 Å². The van der Waals surface area contributed by atoms with Crippen molar-refractivity contribution in [1.82, 2.24) is 5.32 Å². The Morgan fingerprint density at radius 3 is 2.92 bits per heavy atom. The van der Waals surface area contributed by atoms with E-state index >= 15 is 0 Å². The molecule has 0 unspecified atom stereocenters. The number of carbonyl (C=O) groups is 1. The Morgan fingerprint density at radius 2 is 2.38 bits per heavy atom. The molecule has 0 fully saturated rings. The van der Waals surface area contributed by atoms with Gasteiger partial charge in [0.05, 0.1) is 12.6 Å². The van der Waals surface area contributed by atoms with Crippen LogP contribution in [0.2, 0.25) is 0 Å². The lowest BCUT2D eigenvalue weighted by molar-refractivity contribution is -0.110. The van der Waals surface area contributed by atoms with Crippen molar-refractivity contribution in [3.8, 4) is 0 Å². The normalized spacial score (nSPS) is 12.2. The first-order chi connectivity index (χ1) is 6.27. The van der Waals surface area contributed by atoms with Crippen LogP contribution in [0.5, 0.6) is 0 Å². The van der Waals surface area contributed by atoms with Gasteiger partial charge in [-0.25, -0.2) is 4.39 Å². The van der Waals surface area contributed by atoms with E-state index in [2.05, 4.69) is 5.32 Å². The zero-order chi connectivity index (χ0) is 9.68. The standard InChI is InChI=1S/C9H10FNO2/c10-8-3-1-2-7(4-8)9(5-12)11-6-13/h1-4,6,9,12H,5H2,(H,11,13)/t9-/m1/s1. The largest absolute Gasteiger partial charge is 0.394 e. The molecular formula is C9H10FNO2. The molecule has 1 aromatic carbocycles. The minimum Gasteiger partial charge on any atom is -0.394 e. The fraction of sp³-hybridized carbons (Fsp3) is 0.222. The highest BCUT2D eigenvalue weighted by molar-refractivity contribution is 5.47. The van der Waals surface area contributed by atoms with Crippen molar-refractivity contribution in [3.05, 3.63) is 35.6 Å². The molecule has 0 aliphatic carbocycles. The Bertz CT molecular complexity index is 291. The van der Waals surface area contributed by atoms with Crippen molar-refractivity contribution in [3.63, 3.8) is 0 Å². The van der Waals surface area contributed by atoms with Crippen molar-refractivity contribution >= 4 is 6.41 Å². The number of halogens is 1. The second-order valence-corrected chi connectivity index (χ2v) is 2.57. The molecule has 0 radical (unpaired) electrons. The maximum atomic E-state index is 12.7. The quantitative estimate of drug-likeness (QED) is 0.672. The van der Waals surface area contributed by atoms with Crippen molar-refractivity contribution in [2.24, 2.45) is 0 Å². The van der Waals surface area contributed by atoms with Gasteiger partial charge in [-0.15, -0.1) is 0 Å². The van der Waals surface area contributed by atoms with Crippen LogP contribution < -0.4 is 5.32 Å². The fourth-order valence-corrected chi connectivity index (χ4v) is 1.06. The van der Waals surface area contributed by atoms with E-state index in [0.29, 0.717) is 12.0 Å². The smallest absolute Gasteiger partial charge is 0.207 e. The number of amides is 1. The molecule has 70 valence electrons. The number of benzene rings is 1. The molecule has 1 amide bonds. The van der Waals surface area contributed by atoms with E-state index in [1.165, 1.54) is 18.2 Å². The van der Waals surface area contributed by atoms with Crippen molar-refractivity contribution < 1.29 is 14.3 Å². The van der Waals surface area contributed by atoms with Gasteiger partial charge in [0.25, 0.3) is 0 Å². The number of carbonyl (C=O) groups excluding carboxylic acids is 1. The fourth-order valence-electron chi connectivity index (χ4n) is 1.06. The summed E-state index contributed by atoms with van der Waals surface area (Å²) in [6.07, 6.45) is 0.478. The number of hydrogen-bond donors (Lipinski definition) is 2. The van der Waals surface area contributed by atoms with E-state index in [0.717, 1.165) is 0 Å². The van der Waals surface area contributed by atoms with Crippen LogP contribution in [0.4, 0.5) is 4.39 Å². The third-order valence-electron chi connectivity index (χ3n) is 1.70. The lowest BCUT2D eigenvalue weighted by Gasteiger charge is -2.12. The minimum atomic E-state index is -0.534. The lowest BCUT2D eigenvalue weighted by Crippen LogP contribution is -2.22. The molecular weight excluding hydrogens is 173 g/mol. The Balaban J connectivity index is 2.84. The van der Waals surface area contributed by atoms with Crippen molar-refractivity contribution in [2.75, 3.05) is 6.61 Å². The Labute approximate surface area is 75.2 Å². The summed E-state index contributed by atoms with van der Waals surface area (Å²) in [6.45, 7) is -0.248. The third kappa shape index (κ3) is 2.52. The molecule has 1 aromatic rings. The Hall–Kier alpha value is -1.42. The first kappa shape index (κ1) is 9.67. The van der Waals surface area contributed by atoms with Gasteiger partial charge >= 0.3 is 0 Å². The second kappa shape index (κ2) is 4.57. The van der Waals surface area contributed by atoms with Crippen LogP contribution in [0.3, 0.4) is 0 Å². The maximum absolute atomic E-state index is 12.7. The van der Waals surface area contributed by atoms with E-state index in [-0.39, 0.29) is 12.4 Å². The van der Waals surface area contributed by atoms with Gasteiger partial charge in [0.1, 0.15) is 5.82 Å². The molecule has 1 rings (SSSR count). The molecule has 0 aromatic heterocycles. The zero-order valence-corrected chi connectivity index (χ0v) is 6.90. The first-order valence-electron chi connectivity index (χ1n) is 3.84. The van der Waals surface area contributed by atoms with Gasteiger partial charge in [0.15, 0.2) is 0 Å². The van der Waals surface area contributed by atoms with Gasteiger partial charge in [-0.2, -0.15) is 0 Å². The predicted octanol–water partition coefficient (Wildman–Crippen LogP) is 0.605. The van der Waals surface area contributed by atoms with Gasteiger partial charge in [-0.3, -0.25) is 4.79 Å². The molecule has 13 heavy (non-hydrogen) atoms.